The third-order valence-corrected chi connectivity index (χ3v) is 3.56. The Morgan fingerprint density at radius 1 is 1.67 bits per heavy atom. The number of aromatic amines is 1. The molecule has 1 aromatic heterocycles. The van der Waals surface area contributed by atoms with Crippen LogP contribution in [0.5, 0.6) is 0 Å². The fraction of sp³-hybridized carbons (Fsp3) is 0.500. The Hall–Kier alpha value is -0.601. The van der Waals surface area contributed by atoms with Crippen LogP contribution >= 0.6 is 0 Å². The Balaban J connectivity index is 2.79. The molecule has 1 aromatic rings. The molecule has 1 N–H and O–H groups in total. The quantitative estimate of drug-likeness (QED) is 0.757. The summed E-state index contributed by atoms with van der Waals surface area (Å²) >= 11 is 0.333. The van der Waals surface area contributed by atoms with Gasteiger partial charge in [-0.25, -0.2) is 0 Å². The van der Waals surface area contributed by atoms with Gasteiger partial charge in [-0.05, 0) is 0 Å². The van der Waals surface area contributed by atoms with Crippen LogP contribution in [0.15, 0.2) is 10.9 Å². The maximum absolute atomic E-state index is 11.0. The van der Waals surface area contributed by atoms with Crippen molar-refractivity contribution in [2.75, 3.05) is 0 Å². The van der Waals surface area contributed by atoms with Gasteiger partial charge < -0.3 is 0 Å². The summed E-state index contributed by atoms with van der Waals surface area (Å²) in [5, 5.41) is 1.14. The summed E-state index contributed by atoms with van der Waals surface area (Å²) in [4.78, 5) is 18.0. The number of aryl methyl sites for hydroxylation is 1. The van der Waals surface area contributed by atoms with E-state index in [0.29, 0.717) is 15.0 Å². The first-order chi connectivity index (χ1) is 5.72. The predicted molar refractivity (Wildman–Crippen MR) is 50.1 cm³/mol. The Morgan fingerprint density at radius 2 is 2.42 bits per heavy atom. The van der Waals surface area contributed by atoms with Gasteiger partial charge in [-0.2, -0.15) is 0 Å². The normalized spacial score (nSPS) is 10.2. The molecule has 0 radical (unpaired) electrons. The number of hydrogen-bond acceptors (Lipinski definition) is 2. The molecule has 0 spiro atoms. The number of rotatable bonds is 3. The van der Waals surface area contributed by atoms with E-state index < -0.39 is 0 Å². The van der Waals surface area contributed by atoms with Gasteiger partial charge in [-0.3, -0.25) is 0 Å². The van der Waals surface area contributed by atoms with Crippen LogP contribution in [0, 0.1) is 6.92 Å². The summed E-state index contributed by atoms with van der Waals surface area (Å²) in [6.07, 6.45) is 1.15. The van der Waals surface area contributed by atoms with Crippen molar-refractivity contribution in [1.82, 2.24) is 9.97 Å². The van der Waals surface area contributed by atoms with Gasteiger partial charge in [0.2, 0.25) is 0 Å². The predicted octanol–water partition coefficient (Wildman–Crippen LogP) is 0.236. The summed E-state index contributed by atoms with van der Waals surface area (Å²) in [6, 6.07) is 1.52. The molecule has 0 bridgehead atoms. The molecule has 66 valence electrons. The minimum atomic E-state index is -0.0320. The maximum atomic E-state index is 11.0. The van der Waals surface area contributed by atoms with Gasteiger partial charge in [0.25, 0.3) is 0 Å². The first kappa shape index (κ1) is 9.49. The van der Waals surface area contributed by atoms with Crippen LogP contribution in [0.25, 0.3) is 0 Å². The van der Waals surface area contributed by atoms with Crippen LogP contribution in [-0.4, -0.2) is 24.9 Å². The van der Waals surface area contributed by atoms with Crippen molar-refractivity contribution in [3.8, 4) is 0 Å². The van der Waals surface area contributed by atoms with E-state index in [0.717, 1.165) is 22.2 Å². The summed E-state index contributed by atoms with van der Waals surface area (Å²) in [7, 11) is 0. The Bertz CT molecular complexity index is 308. The number of hydrogen-bond donors (Lipinski definition) is 1. The first-order valence-electron chi connectivity index (χ1n) is 3.93. The summed E-state index contributed by atoms with van der Waals surface area (Å²) < 4.78 is 0.870. The fourth-order valence-corrected chi connectivity index (χ4v) is 2.45. The van der Waals surface area contributed by atoms with Crippen LogP contribution < -0.4 is 10.3 Å². The zero-order valence-corrected chi connectivity index (χ0v) is 8.97. The van der Waals surface area contributed by atoms with Crippen molar-refractivity contribution in [1.29, 1.82) is 0 Å². The monoisotopic (exact) mass is 232 g/mol. The molecule has 3 nitrogen and oxygen atoms in total. The summed E-state index contributed by atoms with van der Waals surface area (Å²) in [6.45, 7) is 3.98. The molecule has 12 heavy (non-hydrogen) atoms. The van der Waals surface area contributed by atoms with E-state index in [-0.39, 0.29) is 5.56 Å². The van der Waals surface area contributed by atoms with E-state index in [1.807, 2.05) is 6.92 Å². The zero-order chi connectivity index (χ0) is 8.97. The van der Waals surface area contributed by atoms with Gasteiger partial charge in [0.05, 0.1) is 0 Å². The van der Waals surface area contributed by atoms with Gasteiger partial charge in [0, 0.05) is 0 Å². The van der Waals surface area contributed by atoms with E-state index in [1.54, 1.807) is 0 Å². The second-order valence-electron chi connectivity index (χ2n) is 2.54. The van der Waals surface area contributed by atoms with E-state index in [1.165, 1.54) is 6.07 Å². The minimum absolute atomic E-state index is 0.0320. The fourth-order valence-electron chi connectivity index (χ4n) is 0.819. The Labute approximate surface area is 77.8 Å². The van der Waals surface area contributed by atoms with Crippen molar-refractivity contribution in [3.05, 3.63) is 22.1 Å². The molecule has 1 rings (SSSR count). The molecule has 0 aliphatic rings. The van der Waals surface area contributed by atoms with Gasteiger partial charge in [0.15, 0.2) is 0 Å². The van der Waals surface area contributed by atoms with Gasteiger partial charge >= 0.3 is 77.3 Å². The third-order valence-electron chi connectivity index (χ3n) is 1.29. The SMILES string of the molecule is CCC[Se]c1nc(C)cc(=O)[nH]1. The summed E-state index contributed by atoms with van der Waals surface area (Å²) in [5.74, 6) is 0. The molecular formula is C8H12N2OSe. The standard InChI is InChI=1S/C8H12N2OSe/c1-3-4-12-8-9-6(2)5-7(11)10-8/h5H,3-4H2,1-2H3,(H,9,10,11). The third kappa shape index (κ3) is 2.80. The van der Waals surface area contributed by atoms with Crippen molar-refractivity contribution in [3.63, 3.8) is 0 Å². The van der Waals surface area contributed by atoms with E-state index >= 15 is 0 Å². The van der Waals surface area contributed by atoms with Gasteiger partial charge in [-0.15, -0.1) is 0 Å². The molecule has 0 aliphatic carbocycles. The van der Waals surface area contributed by atoms with E-state index in [4.69, 9.17) is 0 Å². The van der Waals surface area contributed by atoms with Crippen LogP contribution in [0.3, 0.4) is 0 Å². The van der Waals surface area contributed by atoms with Gasteiger partial charge in [0.1, 0.15) is 0 Å². The molecule has 0 unspecified atom stereocenters. The average Bonchev–Trinajstić information content (AvgIpc) is 1.99. The molecule has 1 heterocycles. The molecule has 0 aromatic carbocycles. The Kier molecular flexibility index (Phi) is 3.50. The van der Waals surface area contributed by atoms with E-state index in [2.05, 4.69) is 16.9 Å². The summed E-state index contributed by atoms with van der Waals surface area (Å²) in [5.41, 5.74) is 0.780. The number of H-pyrrole nitrogens is 1. The van der Waals surface area contributed by atoms with Crippen molar-refractivity contribution >= 4 is 19.7 Å². The second kappa shape index (κ2) is 4.43. The zero-order valence-electron chi connectivity index (χ0n) is 7.26. The van der Waals surface area contributed by atoms with E-state index in [9.17, 15) is 4.79 Å². The molecule has 0 fully saturated rings. The Morgan fingerprint density at radius 3 is 3.00 bits per heavy atom. The average molecular weight is 231 g/mol. The molecule has 4 heteroatoms. The first-order valence-corrected chi connectivity index (χ1v) is 6.00. The number of nitrogens with one attached hydrogen (secondary N) is 1. The van der Waals surface area contributed by atoms with Crippen molar-refractivity contribution in [2.45, 2.75) is 25.6 Å². The molecular weight excluding hydrogens is 219 g/mol. The molecule has 0 amide bonds. The molecule has 0 atom stereocenters. The number of aromatic nitrogens is 2. The van der Waals surface area contributed by atoms with Crippen LogP contribution in [0.1, 0.15) is 19.0 Å². The topological polar surface area (TPSA) is 45.8 Å². The second-order valence-corrected chi connectivity index (χ2v) is 4.81. The van der Waals surface area contributed by atoms with Crippen LogP contribution in [-0.2, 0) is 0 Å². The van der Waals surface area contributed by atoms with Crippen LogP contribution in [0.2, 0.25) is 5.32 Å². The van der Waals surface area contributed by atoms with Crippen LogP contribution in [0.4, 0.5) is 0 Å². The number of nitrogens with zero attached hydrogens (tertiary/aromatic N) is 1. The molecule has 0 saturated carbocycles. The molecule has 0 aliphatic heterocycles. The molecule has 0 saturated heterocycles. The van der Waals surface area contributed by atoms with Crippen molar-refractivity contribution in [2.24, 2.45) is 0 Å². The van der Waals surface area contributed by atoms with Gasteiger partial charge in [-0.1, -0.05) is 0 Å². The van der Waals surface area contributed by atoms with Crippen molar-refractivity contribution < 1.29 is 0 Å².